The van der Waals surface area contributed by atoms with Crippen LogP contribution < -0.4 is 5.32 Å². The number of rotatable bonds is 6. The molecule has 5 heteroatoms. The number of nitrogens with one attached hydrogen (secondary N) is 1. The molecule has 90 valence electrons. The van der Waals surface area contributed by atoms with Crippen molar-refractivity contribution in [2.24, 2.45) is 5.92 Å². The highest BCUT2D eigenvalue weighted by molar-refractivity contribution is 6.35. The zero-order valence-corrected chi connectivity index (χ0v) is 11.0. The third-order valence-electron chi connectivity index (χ3n) is 1.80. The van der Waals surface area contributed by atoms with Crippen LogP contribution in [0, 0.1) is 5.92 Å². The van der Waals surface area contributed by atoms with E-state index in [9.17, 15) is 0 Å². The van der Waals surface area contributed by atoms with E-state index in [-0.39, 0.29) is 0 Å². The molecular formula is C11H16Cl2N2O. The standard InChI is InChI=1S/C11H16Cl2N2O/c1-8(2)7-16-4-3-14-11-10(13)5-9(12)6-15-11/h5-6,8H,3-4,7H2,1-2H3,(H,14,15). The fourth-order valence-corrected chi connectivity index (χ4v) is 1.55. The van der Waals surface area contributed by atoms with E-state index in [0.717, 1.165) is 6.61 Å². The summed E-state index contributed by atoms with van der Waals surface area (Å²) in [5.74, 6) is 1.19. The molecule has 0 aliphatic rings. The van der Waals surface area contributed by atoms with Crippen molar-refractivity contribution in [2.45, 2.75) is 13.8 Å². The highest BCUT2D eigenvalue weighted by Crippen LogP contribution is 2.21. The Hall–Kier alpha value is -0.510. The van der Waals surface area contributed by atoms with E-state index in [1.807, 2.05) is 0 Å². The summed E-state index contributed by atoms with van der Waals surface area (Å²) in [6.45, 7) is 6.32. The smallest absolute Gasteiger partial charge is 0.144 e. The van der Waals surface area contributed by atoms with Gasteiger partial charge in [-0.25, -0.2) is 4.98 Å². The van der Waals surface area contributed by atoms with Crippen LogP contribution in [0.4, 0.5) is 5.82 Å². The predicted molar refractivity (Wildman–Crippen MR) is 68.4 cm³/mol. The van der Waals surface area contributed by atoms with Gasteiger partial charge in [0.05, 0.1) is 16.7 Å². The van der Waals surface area contributed by atoms with Gasteiger partial charge in [-0.15, -0.1) is 0 Å². The molecule has 0 fully saturated rings. The molecule has 1 rings (SSSR count). The zero-order valence-electron chi connectivity index (χ0n) is 9.46. The molecule has 1 aromatic rings. The van der Waals surface area contributed by atoms with Crippen molar-refractivity contribution in [3.8, 4) is 0 Å². The Balaban J connectivity index is 2.27. The fraction of sp³-hybridized carbons (Fsp3) is 0.545. The molecule has 0 spiro atoms. The SMILES string of the molecule is CC(C)COCCNc1ncc(Cl)cc1Cl. The van der Waals surface area contributed by atoms with Crippen LogP contribution in [-0.2, 0) is 4.74 Å². The molecule has 0 saturated heterocycles. The van der Waals surface area contributed by atoms with Gasteiger partial charge in [0.2, 0.25) is 0 Å². The Morgan fingerprint density at radius 1 is 1.44 bits per heavy atom. The Morgan fingerprint density at radius 2 is 2.19 bits per heavy atom. The minimum absolute atomic E-state index is 0.524. The van der Waals surface area contributed by atoms with Crippen LogP contribution in [0.1, 0.15) is 13.8 Å². The van der Waals surface area contributed by atoms with Gasteiger partial charge in [-0.1, -0.05) is 37.0 Å². The molecule has 1 aromatic heterocycles. The van der Waals surface area contributed by atoms with Crippen LogP contribution >= 0.6 is 23.2 Å². The maximum absolute atomic E-state index is 5.94. The number of nitrogens with zero attached hydrogens (tertiary/aromatic N) is 1. The lowest BCUT2D eigenvalue weighted by atomic mass is 10.2. The lowest BCUT2D eigenvalue weighted by molar-refractivity contribution is 0.118. The zero-order chi connectivity index (χ0) is 12.0. The largest absolute Gasteiger partial charge is 0.379 e. The molecule has 0 saturated carbocycles. The van der Waals surface area contributed by atoms with Gasteiger partial charge in [0.25, 0.3) is 0 Å². The van der Waals surface area contributed by atoms with E-state index < -0.39 is 0 Å². The van der Waals surface area contributed by atoms with Gasteiger partial charge in [-0.3, -0.25) is 0 Å². The lowest BCUT2D eigenvalue weighted by Gasteiger charge is -2.09. The van der Waals surface area contributed by atoms with Crippen LogP contribution in [-0.4, -0.2) is 24.7 Å². The van der Waals surface area contributed by atoms with Gasteiger partial charge in [-0.05, 0) is 12.0 Å². The number of halogens is 2. The quantitative estimate of drug-likeness (QED) is 0.798. The third kappa shape index (κ3) is 5.01. The Morgan fingerprint density at radius 3 is 2.81 bits per heavy atom. The summed E-state index contributed by atoms with van der Waals surface area (Å²) in [7, 11) is 0. The second-order valence-corrected chi connectivity index (χ2v) is 4.72. The normalized spacial score (nSPS) is 10.8. The molecular weight excluding hydrogens is 247 g/mol. The summed E-state index contributed by atoms with van der Waals surface area (Å²) >= 11 is 11.7. The van der Waals surface area contributed by atoms with E-state index >= 15 is 0 Å². The van der Waals surface area contributed by atoms with Crippen LogP contribution in [0.15, 0.2) is 12.3 Å². The monoisotopic (exact) mass is 262 g/mol. The molecule has 1 N–H and O–H groups in total. The Kier molecular flexibility index (Phi) is 5.88. The van der Waals surface area contributed by atoms with E-state index in [0.29, 0.717) is 34.9 Å². The van der Waals surface area contributed by atoms with Crippen molar-refractivity contribution in [3.05, 3.63) is 22.3 Å². The van der Waals surface area contributed by atoms with Crippen molar-refractivity contribution in [3.63, 3.8) is 0 Å². The minimum atomic E-state index is 0.524. The molecule has 0 amide bonds. The number of hydrogen-bond acceptors (Lipinski definition) is 3. The second-order valence-electron chi connectivity index (χ2n) is 3.88. The summed E-state index contributed by atoms with van der Waals surface area (Å²) in [6, 6.07) is 1.66. The number of hydrogen-bond donors (Lipinski definition) is 1. The van der Waals surface area contributed by atoms with Gasteiger partial charge in [0, 0.05) is 19.3 Å². The second kappa shape index (κ2) is 6.94. The van der Waals surface area contributed by atoms with Crippen LogP contribution in [0.2, 0.25) is 10.0 Å². The first-order valence-corrected chi connectivity index (χ1v) is 5.98. The lowest BCUT2D eigenvalue weighted by Crippen LogP contribution is -2.13. The molecule has 0 aliphatic carbocycles. The molecule has 0 bridgehead atoms. The van der Waals surface area contributed by atoms with Crippen LogP contribution in [0.25, 0.3) is 0 Å². The first-order chi connectivity index (χ1) is 7.59. The van der Waals surface area contributed by atoms with Crippen molar-refractivity contribution in [2.75, 3.05) is 25.1 Å². The van der Waals surface area contributed by atoms with Gasteiger partial charge < -0.3 is 10.1 Å². The molecule has 0 aliphatic heterocycles. The van der Waals surface area contributed by atoms with E-state index in [1.54, 1.807) is 12.3 Å². The first-order valence-electron chi connectivity index (χ1n) is 5.22. The average Bonchev–Trinajstić information content (AvgIpc) is 2.20. The van der Waals surface area contributed by atoms with E-state index in [2.05, 4.69) is 24.1 Å². The fourth-order valence-electron chi connectivity index (χ4n) is 1.11. The summed E-state index contributed by atoms with van der Waals surface area (Å²) in [6.07, 6.45) is 1.56. The van der Waals surface area contributed by atoms with E-state index in [1.165, 1.54) is 0 Å². The predicted octanol–water partition coefficient (Wildman–Crippen LogP) is 3.47. The van der Waals surface area contributed by atoms with Crippen molar-refractivity contribution in [1.29, 1.82) is 0 Å². The number of aromatic nitrogens is 1. The van der Waals surface area contributed by atoms with Gasteiger partial charge in [0.1, 0.15) is 5.82 Å². The Bertz CT molecular complexity index is 332. The first kappa shape index (κ1) is 13.6. The average molecular weight is 263 g/mol. The van der Waals surface area contributed by atoms with Crippen LogP contribution in [0.3, 0.4) is 0 Å². The number of pyridine rings is 1. The molecule has 0 aromatic carbocycles. The summed E-state index contributed by atoms with van der Waals surface area (Å²) < 4.78 is 5.42. The van der Waals surface area contributed by atoms with Crippen LogP contribution in [0.5, 0.6) is 0 Å². The highest BCUT2D eigenvalue weighted by atomic mass is 35.5. The maximum atomic E-state index is 5.94. The van der Waals surface area contributed by atoms with Gasteiger partial charge >= 0.3 is 0 Å². The topological polar surface area (TPSA) is 34.1 Å². The van der Waals surface area contributed by atoms with E-state index in [4.69, 9.17) is 27.9 Å². The van der Waals surface area contributed by atoms with Crippen molar-refractivity contribution >= 4 is 29.0 Å². The maximum Gasteiger partial charge on any atom is 0.144 e. The summed E-state index contributed by atoms with van der Waals surface area (Å²) in [5, 5.41) is 4.15. The van der Waals surface area contributed by atoms with Gasteiger partial charge in [0.15, 0.2) is 0 Å². The minimum Gasteiger partial charge on any atom is -0.379 e. The molecule has 1 heterocycles. The van der Waals surface area contributed by atoms with Crippen molar-refractivity contribution in [1.82, 2.24) is 4.98 Å². The third-order valence-corrected chi connectivity index (χ3v) is 2.29. The molecule has 0 atom stereocenters. The highest BCUT2D eigenvalue weighted by Gasteiger charge is 2.01. The number of ether oxygens (including phenoxy) is 1. The molecule has 0 unspecified atom stereocenters. The number of anilines is 1. The van der Waals surface area contributed by atoms with Gasteiger partial charge in [-0.2, -0.15) is 0 Å². The molecule has 0 radical (unpaired) electrons. The van der Waals surface area contributed by atoms with Crippen molar-refractivity contribution < 1.29 is 4.74 Å². The Labute approximate surface area is 106 Å². The summed E-state index contributed by atoms with van der Waals surface area (Å²) in [5.41, 5.74) is 0. The molecule has 16 heavy (non-hydrogen) atoms. The summed E-state index contributed by atoms with van der Waals surface area (Å²) in [4.78, 5) is 4.08. The molecule has 3 nitrogen and oxygen atoms in total.